The Kier molecular flexibility index (Phi) is 9.64. The van der Waals surface area contributed by atoms with Crippen LogP contribution in [0.1, 0.15) is 22.3 Å². The van der Waals surface area contributed by atoms with Crippen molar-refractivity contribution >= 4 is 7.60 Å². The van der Waals surface area contributed by atoms with Crippen molar-refractivity contribution < 1.29 is 18.3 Å². The second kappa shape index (κ2) is 13.3. The summed E-state index contributed by atoms with van der Waals surface area (Å²) in [4.78, 5) is 0. The summed E-state index contributed by atoms with van der Waals surface area (Å²) in [7, 11) is -3.52. The van der Waals surface area contributed by atoms with Crippen LogP contribution in [-0.2, 0) is 30.6 Å². The molecule has 0 fully saturated rings. The van der Waals surface area contributed by atoms with E-state index in [1.165, 1.54) is 0 Å². The third kappa shape index (κ3) is 6.66. The Morgan fingerprint density at radius 2 is 1.16 bits per heavy atom. The van der Waals surface area contributed by atoms with Crippen molar-refractivity contribution in [2.24, 2.45) is 0 Å². The van der Waals surface area contributed by atoms with Gasteiger partial charge in [-0.05, 0) is 22.3 Å². The molecule has 0 saturated carbocycles. The van der Waals surface area contributed by atoms with Gasteiger partial charge in [0, 0.05) is 0 Å². The molecular weight excluding hydrogens is 491 g/mol. The molecule has 2 atom stereocenters. The van der Waals surface area contributed by atoms with Gasteiger partial charge in [0.2, 0.25) is 0 Å². The highest BCUT2D eigenvalue weighted by atomic mass is 31.2. The fraction of sp³-hybridized carbons (Fsp3) is 0.152. The molecule has 4 nitrogen and oxygen atoms in total. The van der Waals surface area contributed by atoms with Crippen LogP contribution in [0.3, 0.4) is 0 Å². The molecule has 194 valence electrons. The zero-order valence-electron chi connectivity index (χ0n) is 21.4. The molecule has 4 aromatic carbocycles. The summed E-state index contributed by atoms with van der Waals surface area (Å²) in [6.45, 7) is 7.94. The third-order valence-corrected chi connectivity index (χ3v) is 8.01. The molecule has 0 amide bonds. The van der Waals surface area contributed by atoms with Crippen LogP contribution in [0.15, 0.2) is 147 Å². The van der Waals surface area contributed by atoms with Gasteiger partial charge in [-0.3, -0.25) is 9.09 Å². The van der Waals surface area contributed by atoms with Gasteiger partial charge in [-0.25, -0.2) is 0 Å². The van der Waals surface area contributed by atoms with Crippen molar-refractivity contribution in [2.45, 2.75) is 18.3 Å². The van der Waals surface area contributed by atoms with Gasteiger partial charge in [0.1, 0.15) is 11.7 Å². The van der Waals surface area contributed by atoms with E-state index in [1.54, 1.807) is 12.2 Å². The van der Waals surface area contributed by atoms with E-state index < -0.39 is 19.3 Å². The lowest BCUT2D eigenvalue weighted by Gasteiger charge is -2.37. The minimum absolute atomic E-state index is 0.0748. The maximum absolute atomic E-state index is 13.7. The molecule has 0 aliphatic rings. The summed E-state index contributed by atoms with van der Waals surface area (Å²) in [5, 5.41) is 0. The highest BCUT2D eigenvalue weighted by Crippen LogP contribution is 2.50. The van der Waals surface area contributed by atoms with Crippen molar-refractivity contribution in [3.63, 3.8) is 0 Å². The van der Waals surface area contributed by atoms with Crippen LogP contribution in [0.2, 0.25) is 0 Å². The van der Waals surface area contributed by atoms with E-state index >= 15 is 0 Å². The zero-order valence-corrected chi connectivity index (χ0v) is 22.3. The smallest absolute Gasteiger partial charge is 0.335 e. The normalized spacial score (nSPS) is 13.8. The Labute approximate surface area is 225 Å². The molecule has 0 radical (unpaired) electrons. The van der Waals surface area contributed by atoms with Gasteiger partial charge >= 0.3 is 7.60 Å². The quantitative estimate of drug-likeness (QED) is 0.0948. The van der Waals surface area contributed by atoms with Gasteiger partial charge in [0.25, 0.3) is 0 Å². The highest BCUT2D eigenvalue weighted by Gasteiger charge is 2.38. The summed E-state index contributed by atoms with van der Waals surface area (Å²) in [5.41, 5.74) is 2.88. The first kappa shape index (κ1) is 27.5. The second-order valence-corrected chi connectivity index (χ2v) is 10.9. The molecule has 0 N–H and O–H groups in total. The lowest BCUT2D eigenvalue weighted by atomic mass is 9.80. The number of hydrogen-bond acceptors (Lipinski definition) is 4. The maximum Gasteiger partial charge on any atom is 0.335 e. The summed E-state index contributed by atoms with van der Waals surface area (Å²) in [6.07, 6.45) is 2.54. The molecule has 4 aromatic rings. The average Bonchev–Trinajstić information content (AvgIpc) is 2.98. The topological polar surface area (TPSA) is 44.8 Å². The van der Waals surface area contributed by atoms with Crippen LogP contribution < -0.4 is 0 Å². The Hall–Kier alpha value is -3.53. The van der Waals surface area contributed by atoms with Gasteiger partial charge in [0.15, 0.2) is 0 Å². The second-order valence-electron chi connectivity index (χ2n) is 8.81. The van der Waals surface area contributed by atoms with Crippen molar-refractivity contribution in [2.75, 3.05) is 12.8 Å². The van der Waals surface area contributed by atoms with Crippen molar-refractivity contribution in [1.82, 2.24) is 0 Å². The van der Waals surface area contributed by atoms with Gasteiger partial charge in [0.05, 0.1) is 19.4 Å². The lowest BCUT2D eigenvalue weighted by Crippen LogP contribution is -2.35. The monoisotopic (exact) mass is 524 g/mol. The van der Waals surface area contributed by atoms with Crippen LogP contribution in [0, 0.1) is 0 Å². The fourth-order valence-corrected chi connectivity index (χ4v) is 5.83. The average molecular weight is 525 g/mol. The molecule has 0 aliphatic carbocycles. The van der Waals surface area contributed by atoms with E-state index in [4.69, 9.17) is 13.8 Å². The summed E-state index contributed by atoms with van der Waals surface area (Å²) in [6, 6.07) is 39.8. The number of rotatable bonds is 14. The predicted octanol–water partition coefficient (Wildman–Crippen LogP) is 8.16. The number of allylic oxidation sites excluding steroid dienone is 1. The van der Waals surface area contributed by atoms with E-state index in [9.17, 15) is 4.57 Å². The molecule has 0 spiro atoms. The van der Waals surface area contributed by atoms with Crippen LogP contribution >= 0.6 is 7.60 Å². The molecule has 0 aromatic heterocycles. The third-order valence-electron chi connectivity index (χ3n) is 6.19. The van der Waals surface area contributed by atoms with Crippen molar-refractivity contribution in [1.29, 1.82) is 0 Å². The Morgan fingerprint density at radius 1 is 0.711 bits per heavy atom. The van der Waals surface area contributed by atoms with Crippen LogP contribution in [0.4, 0.5) is 0 Å². The molecule has 38 heavy (non-hydrogen) atoms. The minimum Gasteiger partial charge on any atom is -0.358 e. The van der Waals surface area contributed by atoms with E-state index in [1.807, 2.05) is 84.9 Å². The van der Waals surface area contributed by atoms with Crippen LogP contribution in [0.25, 0.3) is 0 Å². The Morgan fingerprint density at radius 3 is 1.58 bits per heavy atom. The lowest BCUT2D eigenvalue weighted by molar-refractivity contribution is -0.0221. The number of hydrogen-bond donors (Lipinski definition) is 0. The van der Waals surface area contributed by atoms with Gasteiger partial charge < -0.3 is 9.26 Å². The first-order valence-electron chi connectivity index (χ1n) is 12.6. The largest absolute Gasteiger partial charge is 0.358 e. The highest BCUT2D eigenvalue weighted by molar-refractivity contribution is 7.54. The SMILES string of the molecule is C=CC[P@](=O)(OCc1ccccc1)O[C@@H](C=C)COC(c1ccccc1)(c1ccccc1)c1ccccc1. The minimum atomic E-state index is -3.52. The molecule has 5 heteroatoms. The first-order chi connectivity index (χ1) is 18.6. The molecule has 0 heterocycles. The fourth-order valence-electron chi connectivity index (χ4n) is 4.35. The number of ether oxygens (including phenoxy) is 1. The summed E-state index contributed by atoms with van der Waals surface area (Å²) in [5.74, 6) is 0. The number of benzene rings is 4. The van der Waals surface area contributed by atoms with E-state index in [0.717, 1.165) is 22.3 Å². The summed E-state index contributed by atoms with van der Waals surface area (Å²) >= 11 is 0. The molecule has 0 saturated heterocycles. The molecule has 0 unspecified atom stereocenters. The standard InChI is InChI=1S/C33H33O4P/c1-3-25-38(34,36-26-28-17-9-5-10-18-28)37-32(4-2)27-35-33(29-19-11-6-12-20-29,30-21-13-7-14-22-30)31-23-15-8-16-24-31/h3-24,32H,1-2,25-27H2/t32-,38-/m0/s1. The molecule has 0 aliphatic heterocycles. The van der Waals surface area contributed by atoms with E-state index in [2.05, 4.69) is 49.6 Å². The maximum atomic E-state index is 13.7. The van der Waals surface area contributed by atoms with Gasteiger partial charge in [-0.2, -0.15) is 0 Å². The zero-order chi connectivity index (χ0) is 26.7. The summed E-state index contributed by atoms with van der Waals surface area (Å²) < 4.78 is 32.4. The Balaban J connectivity index is 1.64. The van der Waals surface area contributed by atoms with Crippen LogP contribution in [0.5, 0.6) is 0 Å². The predicted molar refractivity (Wildman–Crippen MR) is 154 cm³/mol. The van der Waals surface area contributed by atoms with Crippen LogP contribution in [-0.4, -0.2) is 18.9 Å². The van der Waals surface area contributed by atoms with Crippen molar-refractivity contribution in [3.05, 3.63) is 169 Å². The molecular formula is C33H33O4P. The molecule has 0 bridgehead atoms. The van der Waals surface area contributed by atoms with E-state index in [0.29, 0.717) is 0 Å². The Bertz CT molecular complexity index is 1230. The van der Waals surface area contributed by atoms with Gasteiger partial charge in [-0.15, -0.1) is 13.2 Å². The van der Waals surface area contributed by atoms with E-state index in [-0.39, 0.29) is 19.4 Å². The van der Waals surface area contributed by atoms with Crippen molar-refractivity contribution in [3.8, 4) is 0 Å². The first-order valence-corrected chi connectivity index (χ1v) is 14.3. The van der Waals surface area contributed by atoms with Gasteiger partial charge in [-0.1, -0.05) is 133 Å². The molecule has 4 rings (SSSR count).